The second-order valence-electron chi connectivity index (χ2n) is 5.44. The standard InChI is InChI=1S/C19H13FO6/c1-10(21)24-16-8-7-14-15(23)9-17(12-3-5-13(20)6-4-12)26-18(14)19(16)25-11(2)22/h3-9H,1-2H3. The lowest BCUT2D eigenvalue weighted by molar-refractivity contribution is -0.134. The van der Waals surface area contributed by atoms with Gasteiger partial charge in [-0.2, -0.15) is 0 Å². The minimum Gasteiger partial charge on any atom is -0.452 e. The van der Waals surface area contributed by atoms with Crippen LogP contribution in [0, 0.1) is 5.82 Å². The van der Waals surface area contributed by atoms with E-state index in [9.17, 15) is 18.8 Å². The van der Waals surface area contributed by atoms with Crippen LogP contribution in [-0.2, 0) is 9.59 Å². The largest absolute Gasteiger partial charge is 0.452 e. The lowest BCUT2D eigenvalue weighted by Gasteiger charge is -2.11. The van der Waals surface area contributed by atoms with E-state index in [0.29, 0.717) is 5.56 Å². The number of hydrogen-bond acceptors (Lipinski definition) is 6. The van der Waals surface area contributed by atoms with Gasteiger partial charge in [0, 0.05) is 25.5 Å². The van der Waals surface area contributed by atoms with Crippen LogP contribution in [0.4, 0.5) is 4.39 Å². The Labute approximate surface area is 146 Å². The van der Waals surface area contributed by atoms with Crippen LogP contribution in [0.3, 0.4) is 0 Å². The lowest BCUT2D eigenvalue weighted by Crippen LogP contribution is -2.09. The highest BCUT2D eigenvalue weighted by molar-refractivity contribution is 5.90. The third-order valence-electron chi connectivity index (χ3n) is 3.44. The Kier molecular flexibility index (Phi) is 4.53. The molecule has 0 aliphatic rings. The second kappa shape index (κ2) is 6.79. The molecule has 1 heterocycles. The second-order valence-corrected chi connectivity index (χ2v) is 5.44. The van der Waals surface area contributed by atoms with Crippen LogP contribution in [0.25, 0.3) is 22.3 Å². The number of rotatable bonds is 3. The van der Waals surface area contributed by atoms with Gasteiger partial charge in [-0.25, -0.2) is 4.39 Å². The lowest BCUT2D eigenvalue weighted by atomic mass is 10.1. The fraction of sp³-hybridized carbons (Fsp3) is 0.105. The van der Waals surface area contributed by atoms with Crippen LogP contribution >= 0.6 is 0 Å². The SMILES string of the molecule is CC(=O)Oc1ccc2c(=O)cc(-c3ccc(F)cc3)oc2c1OC(C)=O. The number of ether oxygens (including phenoxy) is 2. The number of halogens is 1. The third-order valence-corrected chi connectivity index (χ3v) is 3.44. The summed E-state index contributed by atoms with van der Waals surface area (Å²) in [5, 5.41) is 0.142. The zero-order chi connectivity index (χ0) is 18.8. The molecule has 0 fully saturated rings. The van der Waals surface area contributed by atoms with Crippen molar-refractivity contribution in [2.75, 3.05) is 0 Å². The van der Waals surface area contributed by atoms with Crippen molar-refractivity contribution < 1.29 is 27.9 Å². The smallest absolute Gasteiger partial charge is 0.308 e. The predicted molar refractivity (Wildman–Crippen MR) is 90.5 cm³/mol. The van der Waals surface area contributed by atoms with Crippen LogP contribution < -0.4 is 14.9 Å². The first-order valence-electron chi connectivity index (χ1n) is 7.59. The van der Waals surface area contributed by atoms with E-state index in [1.807, 2.05) is 0 Å². The van der Waals surface area contributed by atoms with Gasteiger partial charge in [0.2, 0.25) is 5.75 Å². The van der Waals surface area contributed by atoms with Crippen molar-refractivity contribution in [3.63, 3.8) is 0 Å². The molecule has 0 aliphatic carbocycles. The van der Waals surface area contributed by atoms with Crippen molar-refractivity contribution in [3.8, 4) is 22.8 Å². The Balaban J connectivity index is 2.28. The van der Waals surface area contributed by atoms with E-state index in [2.05, 4.69) is 0 Å². The van der Waals surface area contributed by atoms with Gasteiger partial charge in [0.15, 0.2) is 16.8 Å². The first-order chi connectivity index (χ1) is 12.3. The number of carbonyl (C=O) groups is 2. The molecule has 0 unspecified atom stereocenters. The first-order valence-corrected chi connectivity index (χ1v) is 7.59. The summed E-state index contributed by atoms with van der Waals surface area (Å²) in [6.07, 6.45) is 0. The van der Waals surface area contributed by atoms with E-state index in [4.69, 9.17) is 13.9 Å². The summed E-state index contributed by atoms with van der Waals surface area (Å²) in [5.74, 6) is -1.83. The summed E-state index contributed by atoms with van der Waals surface area (Å²) >= 11 is 0. The van der Waals surface area contributed by atoms with Crippen LogP contribution in [0.2, 0.25) is 0 Å². The van der Waals surface area contributed by atoms with Gasteiger partial charge in [-0.3, -0.25) is 14.4 Å². The van der Waals surface area contributed by atoms with Gasteiger partial charge < -0.3 is 13.9 Å². The number of hydrogen-bond donors (Lipinski definition) is 0. The highest BCUT2D eigenvalue weighted by atomic mass is 19.1. The minimum atomic E-state index is -0.680. The number of benzene rings is 2. The fourth-order valence-electron chi connectivity index (χ4n) is 2.41. The zero-order valence-corrected chi connectivity index (χ0v) is 13.9. The average molecular weight is 356 g/mol. The molecule has 7 heteroatoms. The van der Waals surface area contributed by atoms with Crippen LogP contribution in [-0.4, -0.2) is 11.9 Å². The summed E-state index contributed by atoms with van der Waals surface area (Å²) in [4.78, 5) is 35.2. The summed E-state index contributed by atoms with van der Waals surface area (Å²) in [6, 6.07) is 9.33. The molecule has 132 valence electrons. The van der Waals surface area contributed by atoms with E-state index in [-0.39, 0.29) is 28.2 Å². The molecular formula is C19H13FO6. The number of fused-ring (bicyclic) bond motifs is 1. The quantitative estimate of drug-likeness (QED) is 0.528. The molecule has 2 aromatic carbocycles. The molecule has 0 amide bonds. The van der Waals surface area contributed by atoms with Gasteiger partial charge >= 0.3 is 11.9 Å². The molecule has 0 spiro atoms. The minimum absolute atomic E-state index is 0.0502. The molecule has 0 radical (unpaired) electrons. The molecular weight excluding hydrogens is 343 g/mol. The monoisotopic (exact) mass is 356 g/mol. The molecule has 0 atom stereocenters. The fourth-order valence-corrected chi connectivity index (χ4v) is 2.41. The maximum Gasteiger partial charge on any atom is 0.308 e. The molecule has 26 heavy (non-hydrogen) atoms. The molecule has 1 aromatic heterocycles. The zero-order valence-electron chi connectivity index (χ0n) is 13.9. The summed E-state index contributed by atoms with van der Waals surface area (Å²) in [5.41, 5.74) is 0.0104. The first kappa shape index (κ1) is 17.3. The van der Waals surface area contributed by atoms with Crippen LogP contribution in [0.5, 0.6) is 11.5 Å². The molecule has 3 rings (SSSR count). The molecule has 0 aliphatic heterocycles. The molecule has 0 N–H and O–H groups in total. The van der Waals surface area contributed by atoms with E-state index < -0.39 is 23.2 Å². The average Bonchev–Trinajstić information content (AvgIpc) is 2.57. The summed E-state index contributed by atoms with van der Waals surface area (Å²) < 4.78 is 29.0. The van der Waals surface area contributed by atoms with Crippen molar-refractivity contribution >= 4 is 22.9 Å². The van der Waals surface area contributed by atoms with Gasteiger partial charge in [-0.1, -0.05) is 0 Å². The third kappa shape index (κ3) is 3.46. The van der Waals surface area contributed by atoms with E-state index >= 15 is 0 Å². The van der Waals surface area contributed by atoms with Crippen molar-refractivity contribution in [1.82, 2.24) is 0 Å². The Hall–Kier alpha value is -3.48. The van der Waals surface area contributed by atoms with Crippen molar-refractivity contribution in [1.29, 1.82) is 0 Å². The van der Waals surface area contributed by atoms with Crippen molar-refractivity contribution in [3.05, 3.63) is 58.5 Å². The Morgan fingerprint density at radius 3 is 2.23 bits per heavy atom. The Morgan fingerprint density at radius 1 is 0.962 bits per heavy atom. The highest BCUT2D eigenvalue weighted by Gasteiger charge is 2.19. The van der Waals surface area contributed by atoms with Crippen molar-refractivity contribution in [2.45, 2.75) is 13.8 Å². The maximum atomic E-state index is 13.1. The Morgan fingerprint density at radius 2 is 1.62 bits per heavy atom. The summed E-state index contributed by atoms with van der Waals surface area (Å²) in [6.45, 7) is 2.35. The molecule has 6 nitrogen and oxygen atoms in total. The molecule has 0 bridgehead atoms. The van der Waals surface area contributed by atoms with Gasteiger partial charge in [-0.15, -0.1) is 0 Å². The molecule has 3 aromatic rings. The van der Waals surface area contributed by atoms with Gasteiger partial charge in [0.1, 0.15) is 11.6 Å². The van der Waals surface area contributed by atoms with E-state index in [1.165, 1.54) is 49.4 Å². The maximum absolute atomic E-state index is 13.1. The molecule has 0 saturated carbocycles. The number of esters is 2. The summed E-state index contributed by atoms with van der Waals surface area (Å²) in [7, 11) is 0. The molecule has 0 saturated heterocycles. The van der Waals surface area contributed by atoms with E-state index in [1.54, 1.807) is 0 Å². The highest BCUT2D eigenvalue weighted by Crippen LogP contribution is 2.36. The topological polar surface area (TPSA) is 82.8 Å². The van der Waals surface area contributed by atoms with Gasteiger partial charge in [0.25, 0.3) is 0 Å². The van der Waals surface area contributed by atoms with Crippen molar-refractivity contribution in [2.24, 2.45) is 0 Å². The van der Waals surface area contributed by atoms with Gasteiger partial charge in [-0.05, 0) is 36.4 Å². The van der Waals surface area contributed by atoms with Gasteiger partial charge in [0.05, 0.1) is 5.39 Å². The van der Waals surface area contributed by atoms with E-state index in [0.717, 1.165) is 6.92 Å². The predicted octanol–water partition coefficient (Wildman–Crippen LogP) is 3.45. The van der Waals surface area contributed by atoms with Crippen LogP contribution in [0.1, 0.15) is 13.8 Å². The Bertz CT molecular complexity index is 1070. The van der Waals surface area contributed by atoms with Crippen LogP contribution in [0.15, 0.2) is 51.7 Å². The number of carbonyl (C=O) groups excluding carboxylic acids is 2. The normalized spacial score (nSPS) is 10.6.